The van der Waals surface area contributed by atoms with Crippen LogP contribution in [-0.2, 0) is 6.42 Å². The number of H-pyrrole nitrogens is 1. The molecule has 26 heavy (non-hydrogen) atoms. The van der Waals surface area contributed by atoms with Crippen LogP contribution < -0.4 is 4.90 Å². The number of hydrogen-bond acceptors (Lipinski definition) is 3. The van der Waals surface area contributed by atoms with E-state index in [4.69, 9.17) is 0 Å². The normalized spacial score (nSPS) is 15.7. The molecule has 4 rings (SSSR count). The number of aromatic amines is 1. The lowest BCUT2D eigenvalue weighted by atomic mass is 9.94. The monoisotopic (exact) mass is 344 g/mol. The molecule has 4 nitrogen and oxygen atoms in total. The first-order chi connectivity index (χ1) is 12.6. The summed E-state index contributed by atoms with van der Waals surface area (Å²) in [6, 6.07) is 14.9. The molecular formula is C22H24N4. The van der Waals surface area contributed by atoms with Crippen LogP contribution in [0.4, 0.5) is 5.69 Å². The van der Waals surface area contributed by atoms with Gasteiger partial charge >= 0.3 is 0 Å². The highest BCUT2D eigenvalue weighted by Gasteiger charge is 2.20. The second-order valence-electron chi connectivity index (χ2n) is 7.16. The lowest BCUT2D eigenvalue weighted by Gasteiger charge is -2.13. The number of nitrogens with zero attached hydrogens (tertiary/aromatic N) is 3. The fourth-order valence-corrected chi connectivity index (χ4v) is 3.55. The number of aromatic nitrogens is 1. The average Bonchev–Trinajstić information content (AvgIpc) is 3.01. The van der Waals surface area contributed by atoms with Crippen molar-refractivity contribution in [3.05, 3.63) is 64.8 Å². The standard InChI is InChI=1S/C22H24N4/c1-15-7-12-20-19(13-15)18-5-4-6-21(22(18)24-20)25-23-14-16-8-10-17(11-9-16)26(2)3/h7-14,24H,4-6H2,1-3H3/b23-14+,25-21+. The molecule has 1 heterocycles. The van der Waals surface area contributed by atoms with Crippen LogP contribution in [0.5, 0.6) is 0 Å². The molecule has 0 spiro atoms. The van der Waals surface area contributed by atoms with E-state index in [0.717, 1.165) is 36.2 Å². The Kier molecular flexibility index (Phi) is 4.33. The minimum atomic E-state index is 0.968. The Labute approximate surface area is 154 Å². The van der Waals surface area contributed by atoms with Gasteiger partial charge in [0.2, 0.25) is 0 Å². The topological polar surface area (TPSA) is 43.8 Å². The van der Waals surface area contributed by atoms with Crippen LogP contribution in [-0.4, -0.2) is 31.0 Å². The van der Waals surface area contributed by atoms with Crippen LogP contribution in [0.2, 0.25) is 0 Å². The Balaban J connectivity index is 1.62. The molecule has 0 atom stereocenters. The second-order valence-corrected chi connectivity index (χ2v) is 7.16. The van der Waals surface area contributed by atoms with Gasteiger partial charge in [-0.2, -0.15) is 10.2 Å². The van der Waals surface area contributed by atoms with Gasteiger partial charge < -0.3 is 9.88 Å². The zero-order chi connectivity index (χ0) is 18.1. The summed E-state index contributed by atoms with van der Waals surface area (Å²) in [6.45, 7) is 2.14. The molecule has 0 radical (unpaired) electrons. The molecule has 1 aliphatic rings. The zero-order valence-electron chi connectivity index (χ0n) is 15.6. The summed E-state index contributed by atoms with van der Waals surface area (Å²) < 4.78 is 0. The van der Waals surface area contributed by atoms with E-state index in [9.17, 15) is 0 Å². The fourth-order valence-electron chi connectivity index (χ4n) is 3.55. The van der Waals surface area contributed by atoms with Gasteiger partial charge in [-0.15, -0.1) is 0 Å². The molecule has 0 saturated heterocycles. The SMILES string of the molecule is Cc1ccc2[nH]c3c(c2c1)CCC/C3=N\N=C\c1ccc(N(C)C)cc1. The summed E-state index contributed by atoms with van der Waals surface area (Å²) >= 11 is 0. The van der Waals surface area contributed by atoms with Crippen molar-refractivity contribution in [3.8, 4) is 0 Å². The molecule has 0 amide bonds. The largest absolute Gasteiger partial charge is 0.378 e. The van der Waals surface area contributed by atoms with Crippen LogP contribution in [0.25, 0.3) is 10.9 Å². The third-order valence-corrected chi connectivity index (χ3v) is 4.99. The quantitative estimate of drug-likeness (QED) is 0.543. The maximum atomic E-state index is 4.54. The van der Waals surface area contributed by atoms with Gasteiger partial charge in [0.1, 0.15) is 0 Å². The number of anilines is 1. The van der Waals surface area contributed by atoms with E-state index in [0.29, 0.717) is 0 Å². The maximum absolute atomic E-state index is 4.54. The van der Waals surface area contributed by atoms with E-state index in [-0.39, 0.29) is 0 Å². The summed E-state index contributed by atoms with van der Waals surface area (Å²) in [5.41, 5.74) is 8.33. The van der Waals surface area contributed by atoms with E-state index < -0.39 is 0 Å². The molecule has 0 unspecified atom stereocenters. The second kappa shape index (κ2) is 6.79. The van der Waals surface area contributed by atoms with Crippen molar-refractivity contribution in [2.45, 2.75) is 26.2 Å². The molecule has 1 aromatic heterocycles. The predicted octanol–water partition coefficient (Wildman–Crippen LogP) is 4.70. The first-order valence-corrected chi connectivity index (χ1v) is 9.11. The molecule has 1 N–H and O–H groups in total. The minimum absolute atomic E-state index is 0.968. The fraction of sp³-hybridized carbons (Fsp3) is 0.273. The third kappa shape index (κ3) is 3.15. The molecule has 3 aromatic rings. The lowest BCUT2D eigenvalue weighted by molar-refractivity contribution is 0.837. The van der Waals surface area contributed by atoms with Crippen molar-refractivity contribution in [3.63, 3.8) is 0 Å². The molecule has 0 fully saturated rings. The smallest absolute Gasteiger partial charge is 0.0867 e. The minimum Gasteiger partial charge on any atom is -0.378 e. The highest BCUT2D eigenvalue weighted by Crippen LogP contribution is 2.30. The Bertz CT molecular complexity index is 991. The third-order valence-electron chi connectivity index (χ3n) is 4.99. The molecule has 132 valence electrons. The average molecular weight is 344 g/mol. The Morgan fingerprint density at radius 1 is 1.04 bits per heavy atom. The van der Waals surface area contributed by atoms with Crippen molar-refractivity contribution in [2.24, 2.45) is 10.2 Å². The van der Waals surface area contributed by atoms with Gasteiger partial charge in [0, 0.05) is 30.7 Å². The predicted molar refractivity (Wildman–Crippen MR) is 111 cm³/mol. The van der Waals surface area contributed by atoms with Crippen molar-refractivity contribution < 1.29 is 0 Å². The van der Waals surface area contributed by atoms with Crippen molar-refractivity contribution in [2.75, 3.05) is 19.0 Å². The highest BCUT2D eigenvalue weighted by atomic mass is 15.2. The number of fused-ring (bicyclic) bond motifs is 3. The van der Waals surface area contributed by atoms with E-state index in [2.05, 4.69) is 69.5 Å². The van der Waals surface area contributed by atoms with E-state index in [1.54, 1.807) is 0 Å². The van der Waals surface area contributed by atoms with E-state index in [1.165, 1.54) is 27.7 Å². The molecule has 4 heteroatoms. The zero-order valence-corrected chi connectivity index (χ0v) is 15.6. The molecule has 0 aliphatic heterocycles. The Morgan fingerprint density at radius 2 is 1.85 bits per heavy atom. The highest BCUT2D eigenvalue weighted by molar-refractivity contribution is 6.06. The number of rotatable bonds is 3. The lowest BCUT2D eigenvalue weighted by Crippen LogP contribution is -2.10. The van der Waals surface area contributed by atoms with Crippen molar-refractivity contribution in [1.82, 2.24) is 4.98 Å². The number of aryl methyl sites for hydroxylation is 2. The summed E-state index contributed by atoms with van der Waals surface area (Å²) in [5, 5.41) is 10.2. The van der Waals surface area contributed by atoms with Gasteiger partial charge in [-0.25, -0.2) is 0 Å². The van der Waals surface area contributed by atoms with Gasteiger partial charge in [0.25, 0.3) is 0 Å². The van der Waals surface area contributed by atoms with Gasteiger partial charge in [-0.3, -0.25) is 0 Å². The molecule has 0 bridgehead atoms. The Morgan fingerprint density at radius 3 is 2.62 bits per heavy atom. The van der Waals surface area contributed by atoms with Gasteiger partial charge in [-0.05, 0) is 61.6 Å². The van der Waals surface area contributed by atoms with Crippen molar-refractivity contribution >= 4 is 28.5 Å². The first kappa shape index (κ1) is 16.6. The Hall–Kier alpha value is -2.88. The van der Waals surface area contributed by atoms with Gasteiger partial charge in [0.05, 0.1) is 17.6 Å². The summed E-state index contributed by atoms with van der Waals surface area (Å²) in [6.07, 6.45) is 5.02. The van der Waals surface area contributed by atoms with Crippen molar-refractivity contribution in [1.29, 1.82) is 0 Å². The van der Waals surface area contributed by atoms with Crippen LogP contribution in [0.1, 0.15) is 35.2 Å². The maximum Gasteiger partial charge on any atom is 0.0867 e. The van der Waals surface area contributed by atoms with Crippen LogP contribution in [0.15, 0.2) is 52.7 Å². The van der Waals surface area contributed by atoms with Crippen LogP contribution in [0, 0.1) is 6.92 Å². The molecule has 0 saturated carbocycles. The number of benzene rings is 2. The number of hydrogen-bond donors (Lipinski definition) is 1. The van der Waals surface area contributed by atoms with E-state index in [1.807, 2.05) is 20.3 Å². The molecule has 1 aliphatic carbocycles. The molecule has 2 aromatic carbocycles. The summed E-state index contributed by atoms with van der Waals surface area (Å²) in [5.74, 6) is 0. The number of nitrogens with one attached hydrogen (secondary N) is 1. The van der Waals surface area contributed by atoms with Crippen LogP contribution in [0.3, 0.4) is 0 Å². The van der Waals surface area contributed by atoms with Crippen LogP contribution >= 0.6 is 0 Å². The van der Waals surface area contributed by atoms with E-state index >= 15 is 0 Å². The summed E-state index contributed by atoms with van der Waals surface area (Å²) in [7, 11) is 4.08. The molecular weight excluding hydrogens is 320 g/mol. The first-order valence-electron chi connectivity index (χ1n) is 9.11. The summed E-state index contributed by atoms with van der Waals surface area (Å²) in [4.78, 5) is 5.64. The van der Waals surface area contributed by atoms with Gasteiger partial charge in [0.15, 0.2) is 0 Å². The van der Waals surface area contributed by atoms with Gasteiger partial charge in [-0.1, -0.05) is 23.8 Å².